The van der Waals surface area contributed by atoms with Gasteiger partial charge < -0.3 is 20.1 Å². The predicted molar refractivity (Wildman–Crippen MR) is 204 cm³/mol. The first-order chi connectivity index (χ1) is 26.4. The molecule has 0 radical (unpaired) electrons. The van der Waals surface area contributed by atoms with E-state index in [0.29, 0.717) is 16.0 Å². The van der Waals surface area contributed by atoms with Crippen molar-refractivity contribution in [3.05, 3.63) is 59.3 Å². The van der Waals surface area contributed by atoms with Gasteiger partial charge >= 0.3 is 12.1 Å². The number of carbonyl (C=O) groups excluding carboxylic acids is 1. The van der Waals surface area contributed by atoms with Crippen LogP contribution in [0.15, 0.2) is 36.4 Å². The number of nitrogens with two attached hydrogens (primary N) is 1. The molecule has 14 heteroatoms. The number of hydrogen-bond acceptors (Lipinski definition) is 9. The number of fused-ring (bicyclic) bond motifs is 7. The molecule has 0 saturated carbocycles. The standard InChI is InChI=1S/C42H43F4N7O3/c1-7-26-28(43)10-9-24-16-25(47)17-27(30(24)26)33-32(44)34-31-29(48-33)15-23(3)35-42(46)13-12-41(45,53(42)38(54)56-39(4,5)6)20-52(35)36(31)50-37(49-34)55-21-40-11-8-14-51(40)19-22(2)18-40/h1,9-10,16-17,23,35H,2,8,11-15,18-21,47H2,3-6H3/t23-,35-,40-,41+,42-/m0/s1. The molecule has 56 heavy (non-hydrogen) atoms. The fourth-order valence-corrected chi connectivity index (χ4v) is 10.2. The van der Waals surface area contributed by atoms with Crippen LogP contribution in [-0.2, 0) is 11.2 Å². The molecule has 0 aliphatic carbocycles. The van der Waals surface area contributed by atoms with Crippen molar-refractivity contribution in [2.24, 2.45) is 5.92 Å². The molecule has 5 atom stereocenters. The molecule has 2 N–H and O–H groups in total. The average Bonchev–Trinajstić information content (AvgIpc) is 3.68. The Labute approximate surface area is 322 Å². The second-order valence-corrected chi connectivity index (χ2v) is 17.3. The zero-order valence-electron chi connectivity index (χ0n) is 31.8. The van der Waals surface area contributed by atoms with Gasteiger partial charge in [0.05, 0.1) is 34.8 Å². The molecule has 4 saturated heterocycles. The monoisotopic (exact) mass is 769 g/mol. The molecule has 2 bridgehead atoms. The van der Waals surface area contributed by atoms with E-state index in [1.807, 2.05) is 0 Å². The summed E-state index contributed by atoms with van der Waals surface area (Å²) in [6.07, 6.45) is 6.74. The Morgan fingerprint density at radius 2 is 1.91 bits per heavy atom. The van der Waals surface area contributed by atoms with E-state index in [9.17, 15) is 4.79 Å². The largest absolute Gasteiger partial charge is 0.461 e. The Bertz CT molecular complexity index is 2430. The summed E-state index contributed by atoms with van der Waals surface area (Å²) in [6.45, 7) is 12.2. The van der Waals surface area contributed by atoms with Gasteiger partial charge in [-0.25, -0.2) is 32.2 Å². The third kappa shape index (κ3) is 5.33. The highest BCUT2D eigenvalue weighted by molar-refractivity contribution is 6.04. The number of nitrogens with zero attached hydrogens (tertiary/aromatic N) is 6. The second-order valence-electron chi connectivity index (χ2n) is 17.3. The van der Waals surface area contributed by atoms with Crippen molar-refractivity contribution in [2.75, 3.05) is 36.9 Å². The highest BCUT2D eigenvalue weighted by Crippen LogP contribution is 2.56. The summed E-state index contributed by atoms with van der Waals surface area (Å²) in [5.74, 6) is -4.77. The number of terminal acetylenes is 1. The lowest BCUT2D eigenvalue weighted by atomic mass is 9.86. The van der Waals surface area contributed by atoms with Crippen molar-refractivity contribution in [1.29, 1.82) is 0 Å². The zero-order valence-corrected chi connectivity index (χ0v) is 31.8. The Balaban J connectivity index is 1.26. The summed E-state index contributed by atoms with van der Waals surface area (Å²) >= 11 is 0. The fraction of sp³-hybridized carbons (Fsp3) is 0.476. The topological polar surface area (TPSA) is 110 Å². The van der Waals surface area contributed by atoms with E-state index < -0.39 is 53.4 Å². The van der Waals surface area contributed by atoms with Crippen LogP contribution in [0.1, 0.15) is 71.1 Å². The summed E-state index contributed by atoms with van der Waals surface area (Å²) < 4.78 is 79.9. The van der Waals surface area contributed by atoms with E-state index in [2.05, 4.69) is 22.4 Å². The Morgan fingerprint density at radius 3 is 2.66 bits per heavy atom. The van der Waals surface area contributed by atoms with E-state index >= 15 is 17.6 Å². The summed E-state index contributed by atoms with van der Waals surface area (Å²) in [5, 5.41) is 0.874. The first kappa shape index (κ1) is 36.5. The maximum atomic E-state index is 17.9. The average molecular weight is 770 g/mol. The molecule has 292 valence electrons. The Kier molecular flexibility index (Phi) is 7.93. The third-order valence-electron chi connectivity index (χ3n) is 12.2. The minimum atomic E-state index is -2.53. The van der Waals surface area contributed by atoms with Crippen molar-refractivity contribution in [3.8, 4) is 29.6 Å². The lowest BCUT2D eigenvalue weighted by Crippen LogP contribution is -2.72. The molecule has 0 unspecified atom stereocenters. The first-order valence-electron chi connectivity index (χ1n) is 19.1. The fourth-order valence-electron chi connectivity index (χ4n) is 10.2. The van der Waals surface area contributed by atoms with Crippen LogP contribution in [0.2, 0.25) is 0 Å². The van der Waals surface area contributed by atoms with Crippen LogP contribution in [0.5, 0.6) is 6.01 Å². The molecular weight excluding hydrogens is 726 g/mol. The SMILES string of the molecule is C#Cc1c(F)ccc2cc(N)cc(-c3nc4c5c(nc(OC[C@@]67CCCN6CC(=C)C7)nc5c3F)N3C[C@@]5(F)CC[C@@](F)([C@@H]3[C@@H](C)C4)N5C(=O)OC(C)(C)C)c12. The molecule has 7 heterocycles. The van der Waals surface area contributed by atoms with Gasteiger partial charge in [0.1, 0.15) is 35.1 Å². The number of rotatable bonds is 4. The molecule has 10 nitrogen and oxygen atoms in total. The minimum absolute atomic E-state index is 0.0477. The number of piperazine rings is 1. The maximum Gasteiger partial charge on any atom is 0.415 e. The van der Waals surface area contributed by atoms with Gasteiger partial charge in [0.25, 0.3) is 0 Å². The molecule has 5 aliphatic heterocycles. The van der Waals surface area contributed by atoms with E-state index in [1.54, 1.807) is 33.8 Å². The van der Waals surface area contributed by atoms with E-state index in [-0.39, 0.29) is 82.0 Å². The number of anilines is 2. The summed E-state index contributed by atoms with van der Waals surface area (Å²) in [5.41, 5.74) is 6.28. The van der Waals surface area contributed by atoms with E-state index in [4.69, 9.17) is 31.6 Å². The van der Waals surface area contributed by atoms with Crippen LogP contribution in [0, 0.1) is 29.9 Å². The molecule has 9 rings (SSSR count). The number of ether oxygens (including phenoxy) is 2. The minimum Gasteiger partial charge on any atom is -0.461 e. The van der Waals surface area contributed by atoms with Gasteiger partial charge in [-0.15, -0.1) is 6.42 Å². The molecular formula is C42H43F4N7O3. The van der Waals surface area contributed by atoms with Crippen molar-refractivity contribution in [1.82, 2.24) is 24.8 Å². The Hall–Kier alpha value is -5.16. The molecule has 2 aromatic carbocycles. The van der Waals surface area contributed by atoms with Gasteiger partial charge in [-0.3, -0.25) is 4.90 Å². The van der Waals surface area contributed by atoms with Crippen LogP contribution in [0.25, 0.3) is 32.9 Å². The van der Waals surface area contributed by atoms with Crippen LogP contribution in [0.3, 0.4) is 0 Å². The number of nitrogen functional groups attached to an aromatic ring is 1. The molecule has 2 aromatic heterocycles. The predicted octanol–water partition coefficient (Wildman–Crippen LogP) is 7.60. The number of pyridine rings is 1. The van der Waals surface area contributed by atoms with E-state index in [1.165, 1.54) is 23.1 Å². The van der Waals surface area contributed by atoms with Crippen LogP contribution in [-0.4, -0.2) is 85.9 Å². The molecule has 5 aliphatic rings. The van der Waals surface area contributed by atoms with Crippen molar-refractivity contribution < 1.29 is 31.8 Å². The normalized spacial score (nSPS) is 28.4. The lowest BCUT2D eigenvalue weighted by Gasteiger charge is -2.53. The van der Waals surface area contributed by atoms with Gasteiger partial charge in [-0.2, -0.15) is 9.97 Å². The van der Waals surface area contributed by atoms with Gasteiger partial charge in [0, 0.05) is 36.0 Å². The molecule has 1 amide bonds. The number of alkyl halides is 2. The molecule has 4 aromatic rings. The van der Waals surface area contributed by atoms with Crippen LogP contribution in [0.4, 0.5) is 33.9 Å². The second kappa shape index (κ2) is 12.2. The lowest BCUT2D eigenvalue weighted by molar-refractivity contribution is -0.139. The van der Waals surface area contributed by atoms with Gasteiger partial charge in [0.15, 0.2) is 5.82 Å². The van der Waals surface area contributed by atoms with Gasteiger partial charge in [-0.05, 0) is 82.5 Å². The van der Waals surface area contributed by atoms with Crippen molar-refractivity contribution in [3.63, 3.8) is 0 Å². The number of amides is 1. The number of halogens is 4. The van der Waals surface area contributed by atoms with Crippen molar-refractivity contribution in [2.45, 2.75) is 95.0 Å². The summed E-state index contributed by atoms with van der Waals surface area (Å²) in [6, 6.07) is 4.50. The number of benzene rings is 2. The Morgan fingerprint density at radius 1 is 1.12 bits per heavy atom. The maximum absolute atomic E-state index is 17.9. The van der Waals surface area contributed by atoms with E-state index in [0.717, 1.165) is 37.9 Å². The summed E-state index contributed by atoms with van der Waals surface area (Å²) in [7, 11) is 0. The first-order valence-corrected chi connectivity index (χ1v) is 19.1. The number of carbonyl (C=O) groups is 1. The highest BCUT2D eigenvalue weighted by Gasteiger charge is 2.70. The zero-order chi connectivity index (χ0) is 39.7. The smallest absolute Gasteiger partial charge is 0.415 e. The third-order valence-corrected chi connectivity index (χ3v) is 12.2. The van der Waals surface area contributed by atoms with Crippen molar-refractivity contribution >= 4 is 39.3 Å². The number of hydrogen-bond donors (Lipinski definition) is 1. The van der Waals surface area contributed by atoms with Crippen LogP contribution < -0.4 is 15.4 Å². The molecule has 0 spiro atoms. The quantitative estimate of drug-likeness (QED) is 0.0738. The van der Waals surface area contributed by atoms with Gasteiger partial charge in [0.2, 0.25) is 11.6 Å². The van der Waals surface area contributed by atoms with Crippen LogP contribution >= 0.6 is 0 Å². The summed E-state index contributed by atoms with van der Waals surface area (Å²) in [4.78, 5) is 32.4. The molecule has 4 fully saturated rings. The highest BCUT2D eigenvalue weighted by atomic mass is 19.2. The number of aromatic nitrogens is 3. The van der Waals surface area contributed by atoms with Gasteiger partial charge in [-0.1, -0.05) is 31.1 Å².